The number of allylic oxidation sites excluding steroid dienone is 2. The molecule has 4 aliphatic rings. The van der Waals surface area contributed by atoms with E-state index in [9.17, 15) is 73.0 Å². The monoisotopic (exact) mass is 1130 g/mol. The summed E-state index contributed by atoms with van der Waals surface area (Å²) in [6.07, 6.45) is -8.67. The van der Waals surface area contributed by atoms with E-state index in [1.54, 1.807) is 0 Å². The Morgan fingerprint density at radius 2 is 0.896 bits per heavy atom. The first-order valence-corrected chi connectivity index (χ1v) is 28.1. The summed E-state index contributed by atoms with van der Waals surface area (Å²) < 4.78 is 78.9. The first-order valence-electron chi connectivity index (χ1n) is 26.7. The van der Waals surface area contributed by atoms with E-state index in [4.69, 9.17) is 33.2 Å². The minimum atomic E-state index is -5.07. The van der Waals surface area contributed by atoms with Crippen LogP contribution in [0.2, 0.25) is 0 Å². The summed E-state index contributed by atoms with van der Waals surface area (Å²) in [6, 6.07) is -6.04. The van der Waals surface area contributed by atoms with Crippen molar-refractivity contribution in [1.29, 1.82) is 0 Å². The average molecular weight is 1130 g/mol. The third-order valence-electron chi connectivity index (χ3n) is 13.9. The molecule has 13 N–H and O–H groups in total. The van der Waals surface area contributed by atoms with Gasteiger partial charge in [-0.2, -0.15) is 8.42 Å². The highest BCUT2D eigenvalue weighted by Gasteiger charge is 2.56. The SMILES string of the molecule is CCCCCCCC/C=C\CCCCCCCC(=O)N[C@H]1[C@H](O[C@H]2C(O)[C@@H](NC(C)=O)[C@H](O[C@H]3[C@H](O)[C@@H](NC(C)=O)[C@H](O[C@H]4C(O)[C@@H](NC(C)=O)[C@H](C)O[C@@H]4COS(=O)(=O)O)O[C@@H]3CO)O[C@@H]2CO)O[C@H](CO)[C@@H](O)[C@@H]1O. The fraction of sp³-hybridized carbons (Fsp3) is 0.878. The van der Waals surface area contributed by atoms with Gasteiger partial charge in [-0.05, 0) is 39.0 Å². The zero-order valence-corrected chi connectivity index (χ0v) is 45.4. The molecule has 4 rings (SSSR count). The Hall–Kier alpha value is -3.11. The maximum Gasteiger partial charge on any atom is 0.397 e. The second-order valence-corrected chi connectivity index (χ2v) is 21.2. The van der Waals surface area contributed by atoms with Crippen molar-refractivity contribution in [3.8, 4) is 0 Å². The second kappa shape index (κ2) is 33.0. The lowest BCUT2D eigenvalue weighted by molar-refractivity contribution is -0.359. The van der Waals surface area contributed by atoms with E-state index in [0.29, 0.717) is 6.42 Å². The van der Waals surface area contributed by atoms with E-state index >= 15 is 0 Å². The largest absolute Gasteiger partial charge is 0.397 e. The molecule has 0 aliphatic carbocycles. The molecular weight excluding hydrogens is 1040 g/mol. The lowest BCUT2D eigenvalue weighted by atomic mass is 9.92. The van der Waals surface area contributed by atoms with Gasteiger partial charge >= 0.3 is 10.4 Å². The van der Waals surface area contributed by atoms with Crippen LogP contribution in [-0.4, -0.2) is 226 Å². The van der Waals surface area contributed by atoms with Crippen molar-refractivity contribution < 1.29 is 110 Å². The maximum atomic E-state index is 13.3. The number of hydrogen-bond donors (Lipinski definition) is 13. The molecule has 0 saturated carbocycles. The van der Waals surface area contributed by atoms with Crippen LogP contribution >= 0.6 is 0 Å². The van der Waals surface area contributed by atoms with E-state index < -0.39 is 183 Å². The standard InChI is InChI=1S/C49H86N4O23S/c1-6-7-8-9-10-11-12-13-14-15-16-17-18-19-20-21-34(60)53-36-40(62)39(61)30(22-54)71-47(36)74-44-31(23-55)72-48(37(42(44)64)51-28(4)58)75-45-32(24-56)73-49(38(43(45)65)52-29(5)59)76-46-33(25-69-77(66,67)68)70-26(2)35(41(46)63)50-27(3)57/h13-14,26,30-33,35-49,54-56,61-65H,6-12,15-25H2,1-5H3,(H,50,57)(H,51,58)(H,52,59)(H,53,60)(H,66,67,68)/b14-13-/t26-,30+,31+,32+,33+,35-,36+,37+,38+,39+,40+,41?,42?,43+,44+,45+,46+,47-,48-,49-/m0/s1. The number of carbonyl (C=O) groups excluding carboxylic acids is 4. The van der Waals surface area contributed by atoms with Gasteiger partial charge in [0.05, 0.1) is 38.6 Å². The Kier molecular flexibility index (Phi) is 28.4. The molecule has 0 aromatic carbocycles. The van der Waals surface area contributed by atoms with Crippen molar-refractivity contribution in [3.63, 3.8) is 0 Å². The highest BCUT2D eigenvalue weighted by atomic mass is 32.3. The molecule has 28 heteroatoms. The van der Waals surface area contributed by atoms with E-state index in [2.05, 4.69) is 44.5 Å². The molecule has 4 saturated heterocycles. The number of ether oxygens (including phenoxy) is 7. The molecule has 4 fully saturated rings. The molecule has 2 unspecified atom stereocenters. The molecule has 4 aliphatic heterocycles. The van der Waals surface area contributed by atoms with E-state index in [-0.39, 0.29) is 6.42 Å². The number of carbonyl (C=O) groups is 4. The molecule has 0 radical (unpaired) electrons. The Bertz CT molecular complexity index is 1940. The Labute approximate surface area is 449 Å². The molecule has 0 aromatic rings. The molecule has 20 atom stereocenters. The highest BCUT2D eigenvalue weighted by Crippen LogP contribution is 2.35. The van der Waals surface area contributed by atoms with Gasteiger partial charge in [0.2, 0.25) is 23.6 Å². The molecule has 77 heavy (non-hydrogen) atoms. The van der Waals surface area contributed by atoms with Crippen LogP contribution in [0.1, 0.15) is 125 Å². The molecule has 446 valence electrons. The zero-order chi connectivity index (χ0) is 57.0. The number of nitrogens with one attached hydrogen (secondary N) is 4. The van der Waals surface area contributed by atoms with Crippen LogP contribution < -0.4 is 21.3 Å². The number of aliphatic hydroxyl groups is 8. The number of hydrogen-bond acceptors (Lipinski definition) is 22. The van der Waals surface area contributed by atoms with Crippen LogP contribution in [0.4, 0.5) is 0 Å². The molecular formula is C49H86N4O23S. The van der Waals surface area contributed by atoms with Crippen molar-refractivity contribution >= 4 is 34.0 Å². The van der Waals surface area contributed by atoms with Gasteiger partial charge in [-0.25, -0.2) is 4.18 Å². The first kappa shape index (κ1) is 66.4. The van der Waals surface area contributed by atoms with Gasteiger partial charge < -0.3 is 95.3 Å². The van der Waals surface area contributed by atoms with Crippen molar-refractivity contribution in [3.05, 3.63) is 12.2 Å². The molecule has 0 bridgehead atoms. The summed E-state index contributed by atoms with van der Waals surface area (Å²) >= 11 is 0. The average Bonchev–Trinajstić information content (AvgIpc) is 3.37. The van der Waals surface area contributed by atoms with E-state index in [1.807, 2.05) is 0 Å². The normalized spacial score (nSPS) is 35.8. The fourth-order valence-corrected chi connectivity index (χ4v) is 10.2. The van der Waals surface area contributed by atoms with Crippen molar-refractivity contribution in [2.45, 2.75) is 247 Å². The maximum absolute atomic E-state index is 13.3. The van der Waals surface area contributed by atoms with Gasteiger partial charge in [0.15, 0.2) is 18.9 Å². The van der Waals surface area contributed by atoms with Gasteiger partial charge in [-0.15, -0.1) is 0 Å². The predicted molar refractivity (Wildman–Crippen MR) is 268 cm³/mol. The lowest BCUT2D eigenvalue weighted by Gasteiger charge is -2.51. The van der Waals surface area contributed by atoms with Crippen LogP contribution in [-0.2, 0) is 66.9 Å². The Balaban J connectivity index is 1.47. The lowest BCUT2D eigenvalue weighted by Crippen LogP contribution is -2.71. The van der Waals surface area contributed by atoms with Crippen LogP contribution in [0.3, 0.4) is 0 Å². The molecule has 0 spiro atoms. The van der Waals surface area contributed by atoms with Crippen LogP contribution in [0.5, 0.6) is 0 Å². The minimum absolute atomic E-state index is 0.0364. The molecule has 0 aromatic heterocycles. The van der Waals surface area contributed by atoms with Crippen LogP contribution in [0.15, 0.2) is 12.2 Å². The first-order chi connectivity index (χ1) is 36.5. The second-order valence-electron chi connectivity index (χ2n) is 20.1. The van der Waals surface area contributed by atoms with Gasteiger partial charge in [-0.1, -0.05) is 70.4 Å². The predicted octanol–water partition coefficient (Wildman–Crippen LogP) is -2.26. The van der Waals surface area contributed by atoms with Gasteiger partial charge in [0, 0.05) is 27.2 Å². The molecule has 4 amide bonds. The van der Waals surface area contributed by atoms with Crippen molar-refractivity contribution in [1.82, 2.24) is 21.3 Å². The van der Waals surface area contributed by atoms with Crippen molar-refractivity contribution in [2.24, 2.45) is 0 Å². The van der Waals surface area contributed by atoms with E-state index in [0.717, 1.165) is 59.3 Å². The number of unbranched alkanes of at least 4 members (excludes halogenated alkanes) is 11. The number of rotatable bonds is 31. The highest BCUT2D eigenvalue weighted by molar-refractivity contribution is 7.80. The third-order valence-corrected chi connectivity index (χ3v) is 14.3. The smallest absolute Gasteiger partial charge is 0.394 e. The van der Waals surface area contributed by atoms with Crippen LogP contribution in [0, 0.1) is 0 Å². The summed E-state index contributed by atoms with van der Waals surface area (Å²) in [7, 11) is -5.07. The van der Waals surface area contributed by atoms with Gasteiger partial charge in [-0.3, -0.25) is 23.7 Å². The quantitative estimate of drug-likeness (QED) is 0.0198. The Morgan fingerprint density at radius 3 is 1.34 bits per heavy atom. The van der Waals surface area contributed by atoms with Crippen LogP contribution in [0.25, 0.3) is 0 Å². The summed E-state index contributed by atoms with van der Waals surface area (Å²) in [6.45, 7) is 3.25. The third kappa shape index (κ3) is 20.4. The van der Waals surface area contributed by atoms with Gasteiger partial charge in [0.25, 0.3) is 0 Å². The number of amides is 4. The summed E-state index contributed by atoms with van der Waals surface area (Å²) in [5.74, 6) is -2.68. The molecule has 27 nitrogen and oxygen atoms in total. The summed E-state index contributed by atoms with van der Waals surface area (Å²) in [5.41, 5.74) is 0. The Morgan fingerprint density at radius 1 is 0.506 bits per heavy atom. The summed E-state index contributed by atoms with van der Waals surface area (Å²) in [5, 5.41) is 98.8. The van der Waals surface area contributed by atoms with Crippen molar-refractivity contribution in [2.75, 3.05) is 26.4 Å². The number of aliphatic hydroxyl groups excluding tert-OH is 8. The zero-order valence-electron chi connectivity index (χ0n) is 44.6. The van der Waals surface area contributed by atoms with Gasteiger partial charge in [0.1, 0.15) is 91.4 Å². The topological polar surface area (TPSA) is 406 Å². The fourth-order valence-electron chi connectivity index (χ4n) is 9.94. The molecule has 4 heterocycles. The van der Waals surface area contributed by atoms with E-state index in [1.165, 1.54) is 45.4 Å². The minimum Gasteiger partial charge on any atom is -0.394 e. The summed E-state index contributed by atoms with van der Waals surface area (Å²) in [4.78, 5) is 50.7.